The average molecular weight is 266 g/mol. The van der Waals surface area contributed by atoms with E-state index in [2.05, 4.69) is 4.72 Å². The first-order chi connectivity index (χ1) is 7.47. The molecule has 0 aromatic carbocycles. The predicted molar refractivity (Wildman–Crippen MR) is 66.7 cm³/mol. The van der Waals surface area contributed by atoms with Crippen LogP contribution >= 0.6 is 12.2 Å². The predicted octanol–water partition coefficient (Wildman–Crippen LogP) is 0.00700. The number of thiocarbonyl (C=S) groups is 1. The number of nitrogens with one attached hydrogen (secondary N) is 1. The molecule has 1 saturated heterocycles. The van der Waals surface area contributed by atoms with Gasteiger partial charge in [0.15, 0.2) is 0 Å². The summed E-state index contributed by atoms with van der Waals surface area (Å²) in [6, 6.07) is 0. The highest BCUT2D eigenvalue weighted by atomic mass is 32.2. The van der Waals surface area contributed by atoms with E-state index in [1.807, 2.05) is 0 Å². The normalized spacial score (nSPS) is 23.2. The summed E-state index contributed by atoms with van der Waals surface area (Å²) in [5, 5.41) is -0.773. The van der Waals surface area contributed by atoms with Gasteiger partial charge in [0.2, 0.25) is 10.0 Å². The third-order valence-corrected chi connectivity index (χ3v) is 5.00. The minimum atomic E-state index is -3.43. The van der Waals surface area contributed by atoms with Crippen LogP contribution in [-0.2, 0) is 14.8 Å². The smallest absolute Gasteiger partial charge is 0.221 e. The van der Waals surface area contributed by atoms with E-state index < -0.39 is 15.3 Å². The van der Waals surface area contributed by atoms with Crippen LogP contribution < -0.4 is 10.5 Å². The van der Waals surface area contributed by atoms with E-state index in [9.17, 15) is 8.42 Å². The van der Waals surface area contributed by atoms with Gasteiger partial charge in [-0.1, -0.05) is 19.1 Å². The summed E-state index contributed by atoms with van der Waals surface area (Å²) in [7, 11) is -3.43. The Bertz CT molecular complexity index is 337. The van der Waals surface area contributed by atoms with Crippen molar-refractivity contribution in [3.63, 3.8) is 0 Å². The van der Waals surface area contributed by atoms with Gasteiger partial charge in [0.25, 0.3) is 0 Å². The molecule has 5 nitrogen and oxygen atoms in total. The molecule has 0 aliphatic carbocycles. The molecule has 0 radical (unpaired) electrons. The average Bonchev–Trinajstić information content (AvgIpc) is 2.67. The molecule has 0 saturated carbocycles. The summed E-state index contributed by atoms with van der Waals surface area (Å²) in [5.74, 6) is 0.263. The topological polar surface area (TPSA) is 81.4 Å². The SMILES string of the molecule is CCC(C(N)=S)S(=O)(=O)NCC1CCOC1. The van der Waals surface area contributed by atoms with Crippen molar-refractivity contribution in [1.29, 1.82) is 0 Å². The quantitative estimate of drug-likeness (QED) is 0.662. The number of hydrogen-bond donors (Lipinski definition) is 2. The Morgan fingerprint density at radius 1 is 1.69 bits per heavy atom. The van der Waals surface area contributed by atoms with Crippen LogP contribution in [0.3, 0.4) is 0 Å². The molecule has 0 bridgehead atoms. The molecular formula is C9H18N2O3S2. The summed E-state index contributed by atoms with van der Waals surface area (Å²) in [4.78, 5) is 0.0256. The number of hydrogen-bond acceptors (Lipinski definition) is 4. The minimum Gasteiger partial charge on any atom is -0.392 e. The highest BCUT2D eigenvalue weighted by molar-refractivity contribution is 7.93. The van der Waals surface area contributed by atoms with Gasteiger partial charge in [-0.3, -0.25) is 0 Å². The van der Waals surface area contributed by atoms with Gasteiger partial charge in [0.05, 0.1) is 11.6 Å². The Hall–Kier alpha value is -0.240. The van der Waals surface area contributed by atoms with Crippen molar-refractivity contribution in [1.82, 2.24) is 4.72 Å². The third kappa shape index (κ3) is 3.65. The number of rotatable bonds is 6. The molecule has 16 heavy (non-hydrogen) atoms. The molecule has 1 aliphatic heterocycles. The molecule has 1 fully saturated rings. The second-order valence-corrected chi connectivity index (χ2v) is 6.34. The lowest BCUT2D eigenvalue weighted by Crippen LogP contribution is -2.43. The molecule has 2 atom stereocenters. The Morgan fingerprint density at radius 2 is 2.38 bits per heavy atom. The van der Waals surface area contributed by atoms with Gasteiger partial charge in [-0.15, -0.1) is 0 Å². The van der Waals surface area contributed by atoms with Crippen LogP contribution in [-0.4, -0.2) is 38.4 Å². The first kappa shape index (κ1) is 13.8. The zero-order valence-electron chi connectivity index (χ0n) is 9.31. The van der Waals surface area contributed by atoms with Gasteiger partial charge in [0.1, 0.15) is 5.25 Å². The van der Waals surface area contributed by atoms with Crippen molar-refractivity contribution < 1.29 is 13.2 Å². The van der Waals surface area contributed by atoms with Crippen molar-refractivity contribution in [2.75, 3.05) is 19.8 Å². The Morgan fingerprint density at radius 3 is 2.81 bits per heavy atom. The van der Waals surface area contributed by atoms with Gasteiger partial charge in [-0.25, -0.2) is 13.1 Å². The standard InChI is InChI=1S/C9H18N2O3S2/c1-2-8(9(10)15)16(12,13)11-5-7-3-4-14-6-7/h7-8,11H,2-6H2,1H3,(H2,10,15). The molecule has 0 amide bonds. The van der Waals surface area contributed by atoms with Crippen LogP contribution in [0.1, 0.15) is 19.8 Å². The summed E-state index contributed by atoms with van der Waals surface area (Å²) >= 11 is 4.75. The lowest BCUT2D eigenvalue weighted by Gasteiger charge is -2.16. The molecule has 7 heteroatoms. The van der Waals surface area contributed by atoms with Crippen molar-refractivity contribution in [2.24, 2.45) is 11.7 Å². The molecule has 0 aromatic heterocycles. The van der Waals surface area contributed by atoms with E-state index in [4.69, 9.17) is 22.7 Å². The fraction of sp³-hybridized carbons (Fsp3) is 0.889. The van der Waals surface area contributed by atoms with E-state index in [1.165, 1.54) is 0 Å². The van der Waals surface area contributed by atoms with Crippen LogP contribution in [0.2, 0.25) is 0 Å². The second kappa shape index (κ2) is 5.90. The first-order valence-corrected chi connectivity index (χ1v) is 7.28. The van der Waals surface area contributed by atoms with Crippen LogP contribution in [0, 0.1) is 5.92 Å². The maximum Gasteiger partial charge on any atom is 0.221 e. The number of nitrogens with two attached hydrogens (primary N) is 1. The molecule has 1 rings (SSSR count). The lowest BCUT2D eigenvalue weighted by molar-refractivity contribution is 0.186. The van der Waals surface area contributed by atoms with E-state index in [1.54, 1.807) is 6.92 Å². The summed E-state index contributed by atoms with van der Waals surface area (Å²) in [6.07, 6.45) is 1.29. The molecule has 1 heterocycles. The molecule has 0 aromatic rings. The van der Waals surface area contributed by atoms with Crippen molar-refractivity contribution in [3.05, 3.63) is 0 Å². The first-order valence-electron chi connectivity index (χ1n) is 5.33. The summed E-state index contributed by atoms with van der Waals surface area (Å²) in [6.45, 7) is 3.48. The highest BCUT2D eigenvalue weighted by Gasteiger charge is 2.27. The molecule has 1 aliphatic rings. The molecular weight excluding hydrogens is 248 g/mol. The van der Waals surface area contributed by atoms with E-state index in [0.29, 0.717) is 26.2 Å². The van der Waals surface area contributed by atoms with Gasteiger partial charge in [0, 0.05) is 13.2 Å². The van der Waals surface area contributed by atoms with Crippen molar-refractivity contribution >= 4 is 27.2 Å². The minimum absolute atomic E-state index is 0.0256. The van der Waals surface area contributed by atoms with Gasteiger partial charge in [-0.05, 0) is 18.8 Å². The Kier molecular flexibility index (Phi) is 5.10. The summed E-state index contributed by atoms with van der Waals surface area (Å²) in [5.41, 5.74) is 5.40. The van der Waals surface area contributed by atoms with Crippen molar-refractivity contribution in [3.8, 4) is 0 Å². The fourth-order valence-corrected chi connectivity index (χ4v) is 3.61. The maximum absolute atomic E-state index is 11.8. The van der Waals surface area contributed by atoms with E-state index in [0.717, 1.165) is 6.42 Å². The van der Waals surface area contributed by atoms with E-state index in [-0.39, 0.29) is 10.9 Å². The Balaban J connectivity index is 2.52. The van der Waals surface area contributed by atoms with Crippen LogP contribution in [0.25, 0.3) is 0 Å². The summed E-state index contributed by atoms with van der Waals surface area (Å²) < 4.78 is 31.4. The lowest BCUT2D eigenvalue weighted by atomic mass is 10.1. The van der Waals surface area contributed by atoms with Gasteiger partial charge < -0.3 is 10.5 Å². The molecule has 3 N–H and O–H groups in total. The third-order valence-electron chi connectivity index (χ3n) is 2.66. The monoisotopic (exact) mass is 266 g/mol. The number of ether oxygens (including phenoxy) is 1. The fourth-order valence-electron chi connectivity index (χ4n) is 1.65. The van der Waals surface area contributed by atoms with Crippen LogP contribution in [0.5, 0.6) is 0 Å². The second-order valence-electron chi connectivity index (χ2n) is 3.92. The van der Waals surface area contributed by atoms with Gasteiger partial charge in [-0.2, -0.15) is 0 Å². The number of sulfonamides is 1. The highest BCUT2D eigenvalue weighted by Crippen LogP contribution is 2.12. The maximum atomic E-state index is 11.8. The zero-order chi connectivity index (χ0) is 12.2. The zero-order valence-corrected chi connectivity index (χ0v) is 10.9. The van der Waals surface area contributed by atoms with Crippen LogP contribution in [0.4, 0.5) is 0 Å². The Labute approximate surface area is 102 Å². The van der Waals surface area contributed by atoms with Crippen LogP contribution in [0.15, 0.2) is 0 Å². The largest absolute Gasteiger partial charge is 0.392 e. The molecule has 94 valence electrons. The molecule has 2 unspecified atom stereocenters. The van der Waals surface area contributed by atoms with Gasteiger partial charge >= 0.3 is 0 Å². The van der Waals surface area contributed by atoms with Crippen molar-refractivity contribution in [2.45, 2.75) is 25.0 Å². The van der Waals surface area contributed by atoms with E-state index >= 15 is 0 Å². The molecule has 0 spiro atoms.